The largest absolute Gasteiger partial charge is 0.345 e. The van der Waals surface area contributed by atoms with Gasteiger partial charge in [-0.15, -0.1) is 0 Å². The van der Waals surface area contributed by atoms with Gasteiger partial charge >= 0.3 is 0 Å². The first kappa shape index (κ1) is 17.8. The summed E-state index contributed by atoms with van der Waals surface area (Å²) >= 11 is 0. The van der Waals surface area contributed by atoms with E-state index in [-0.39, 0.29) is 0 Å². The van der Waals surface area contributed by atoms with Crippen LogP contribution in [0.2, 0.25) is 0 Å². The predicted octanol–water partition coefficient (Wildman–Crippen LogP) is 7.70. The fourth-order valence-corrected chi connectivity index (χ4v) is 4.62. The molecule has 2 heteroatoms. The lowest BCUT2D eigenvalue weighted by molar-refractivity contribution is 1.17. The van der Waals surface area contributed by atoms with Crippen LogP contribution in [0, 0.1) is 0 Å². The lowest BCUT2D eigenvalue weighted by Crippen LogP contribution is -2.09. The van der Waals surface area contributed by atoms with Crippen molar-refractivity contribution >= 4 is 44.0 Å². The van der Waals surface area contributed by atoms with Crippen LogP contribution in [0.5, 0.6) is 0 Å². The summed E-state index contributed by atoms with van der Waals surface area (Å²) in [6, 6.07) is 41.1. The maximum absolute atomic E-state index is 2.41. The normalized spacial score (nSPS) is 11.4. The lowest BCUT2D eigenvalue weighted by Gasteiger charge is -2.20. The van der Waals surface area contributed by atoms with Gasteiger partial charge in [-0.25, -0.2) is 0 Å². The van der Waals surface area contributed by atoms with Crippen molar-refractivity contribution in [1.29, 1.82) is 0 Å². The molecule has 6 rings (SSSR count). The molecule has 0 saturated carbocycles. The molecule has 0 atom stereocenters. The summed E-state index contributed by atoms with van der Waals surface area (Å²) in [6.45, 7) is 0. The number of para-hydroxylation sites is 2. The Morgan fingerprint density at radius 3 is 2.03 bits per heavy atom. The molecule has 0 N–H and O–H groups in total. The van der Waals surface area contributed by atoms with Gasteiger partial charge in [0.25, 0.3) is 0 Å². The summed E-state index contributed by atoms with van der Waals surface area (Å²) in [6.07, 6.45) is 0. The first-order valence-corrected chi connectivity index (χ1v) is 10.6. The zero-order valence-corrected chi connectivity index (χ0v) is 17.4. The highest BCUT2D eigenvalue weighted by Crippen LogP contribution is 2.38. The summed E-state index contributed by atoms with van der Waals surface area (Å²) in [5.41, 5.74) is 6.01. The molecule has 148 valence electrons. The summed E-state index contributed by atoms with van der Waals surface area (Å²) in [5.74, 6) is 0. The van der Waals surface area contributed by atoms with E-state index in [1.54, 1.807) is 0 Å². The van der Waals surface area contributed by atoms with Crippen LogP contribution < -0.4 is 4.90 Å². The van der Waals surface area contributed by atoms with Crippen LogP contribution in [0.15, 0.2) is 115 Å². The average molecular weight is 399 g/mol. The lowest BCUT2D eigenvalue weighted by atomic mass is 10.1. The zero-order chi connectivity index (χ0) is 20.8. The van der Waals surface area contributed by atoms with Crippen LogP contribution in [0.4, 0.5) is 11.4 Å². The molecule has 0 amide bonds. The van der Waals surface area contributed by atoms with Gasteiger partial charge in [0.15, 0.2) is 0 Å². The van der Waals surface area contributed by atoms with Gasteiger partial charge < -0.3 is 9.47 Å². The zero-order valence-electron chi connectivity index (χ0n) is 17.4. The van der Waals surface area contributed by atoms with E-state index < -0.39 is 0 Å². The average Bonchev–Trinajstić information content (AvgIpc) is 3.19. The smallest absolute Gasteiger partial charge is 0.0619 e. The second kappa shape index (κ2) is 7.03. The van der Waals surface area contributed by atoms with Crippen molar-refractivity contribution in [2.24, 2.45) is 0 Å². The minimum atomic E-state index is 1.17. The van der Waals surface area contributed by atoms with Gasteiger partial charge in [0.2, 0.25) is 0 Å². The van der Waals surface area contributed by atoms with Crippen molar-refractivity contribution in [1.82, 2.24) is 4.57 Å². The van der Waals surface area contributed by atoms with Crippen LogP contribution in [0.25, 0.3) is 38.3 Å². The Labute approximate surface area is 181 Å². The van der Waals surface area contributed by atoms with Crippen molar-refractivity contribution in [3.05, 3.63) is 115 Å². The highest BCUT2D eigenvalue weighted by atomic mass is 15.1. The Balaban J connectivity index is 1.71. The van der Waals surface area contributed by atoms with E-state index in [1.807, 2.05) is 0 Å². The van der Waals surface area contributed by atoms with Crippen LogP contribution in [0.3, 0.4) is 0 Å². The molecule has 0 fully saturated rings. The standard InChI is InChI=1S/C29H22N2/c1-30(22-11-4-2-5-12-22)24-17-19-26-27-18-16-21-10-8-9-15-25(21)29(27)31(28(26)20-24)23-13-6-3-7-14-23/h2-20H,1H3. The molecule has 1 aromatic heterocycles. The van der Waals surface area contributed by atoms with Gasteiger partial charge in [-0.2, -0.15) is 0 Å². The number of hydrogen-bond acceptors (Lipinski definition) is 1. The van der Waals surface area contributed by atoms with E-state index in [0.29, 0.717) is 0 Å². The van der Waals surface area contributed by atoms with Gasteiger partial charge in [0.05, 0.1) is 11.0 Å². The first-order chi connectivity index (χ1) is 15.3. The summed E-state index contributed by atoms with van der Waals surface area (Å²) in [7, 11) is 2.13. The van der Waals surface area contributed by atoms with Crippen LogP contribution in [-0.2, 0) is 0 Å². The van der Waals surface area contributed by atoms with Gasteiger partial charge in [0, 0.05) is 40.3 Å². The molecule has 2 nitrogen and oxygen atoms in total. The Kier molecular flexibility index (Phi) is 4.03. The van der Waals surface area contributed by atoms with E-state index in [9.17, 15) is 0 Å². The third kappa shape index (κ3) is 2.80. The number of hydrogen-bond donors (Lipinski definition) is 0. The second-order valence-electron chi connectivity index (χ2n) is 7.95. The Bertz CT molecular complexity index is 1530. The van der Waals surface area contributed by atoms with Crippen molar-refractivity contribution in [3.63, 3.8) is 0 Å². The van der Waals surface area contributed by atoms with Crippen molar-refractivity contribution in [2.45, 2.75) is 0 Å². The summed E-state index contributed by atoms with van der Waals surface area (Å²) in [5, 5.41) is 5.09. The molecule has 0 radical (unpaired) electrons. The van der Waals surface area contributed by atoms with Gasteiger partial charge in [-0.1, -0.05) is 78.9 Å². The molecule has 0 aliphatic rings. The molecule has 0 bridgehead atoms. The van der Waals surface area contributed by atoms with E-state index >= 15 is 0 Å². The SMILES string of the molecule is CN(c1ccccc1)c1ccc2c3ccc4ccccc4c3n(-c3ccccc3)c2c1. The van der Waals surface area contributed by atoms with Crippen molar-refractivity contribution in [3.8, 4) is 5.69 Å². The van der Waals surface area contributed by atoms with Crippen molar-refractivity contribution < 1.29 is 0 Å². The molecule has 31 heavy (non-hydrogen) atoms. The molecule has 1 heterocycles. The van der Waals surface area contributed by atoms with Crippen molar-refractivity contribution in [2.75, 3.05) is 11.9 Å². The second-order valence-corrected chi connectivity index (χ2v) is 7.95. The summed E-state index contributed by atoms with van der Waals surface area (Å²) < 4.78 is 2.41. The van der Waals surface area contributed by atoms with E-state index in [0.717, 1.165) is 0 Å². The maximum Gasteiger partial charge on any atom is 0.0619 e. The molecule has 0 saturated heterocycles. The third-order valence-electron chi connectivity index (χ3n) is 6.18. The minimum Gasteiger partial charge on any atom is -0.345 e. The Morgan fingerprint density at radius 1 is 0.548 bits per heavy atom. The number of nitrogens with zero attached hydrogens (tertiary/aromatic N) is 2. The van der Waals surface area contributed by atoms with Gasteiger partial charge in [0.1, 0.15) is 0 Å². The monoisotopic (exact) mass is 398 g/mol. The van der Waals surface area contributed by atoms with E-state index in [2.05, 4.69) is 132 Å². The number of benzene rings is 5. The minimum absolute atomic E-state index is 1.17. The fourth-order valence-electron chi connectivity index (χ4n) is 4.62. The van der Waals surface area contributed by atoms with E-state index in [4.69, 9.17) is 0 Å². The van der Waals surface area contributed by atoms with Gasteiger partial charge in [-0.05, 0) is 41.8 Å². The Morgan fingerprint density at radius 2 is 1.23 bits per heavy atom. The third-order valence-corrected chi connectivity index (χ3v) is 6.18. The molecule has 0 spiro atoms. The van der Waals surface area contributed by atoms with Crippen LogP contribution in [-0.4, -0.2) is 11.6 Å². The predicted molar refractivity (Wildman–Crippen MR) is 133 cm³/mol. The fraction of sp³-hybridized carbons (Fsp3) is 0.0345. The first-order valence-electron chi connectivity index (χ1n) is 10.6. The Hall–Kier alpha value is -4.04. The molecule has 0 unspecified atom stereocenters. The molecular weight excluding hydrogens is 376 g/mol. The maximum atomic E-state index is 2.41. The van der Waals surface area contributed by atoms with Crippen LogP contribution >= 0.6 is 0 Å². The highest BCUT2D eigenvalue weighted by molar-refractivity contribution is 6.19. The molecule has 0 aliphatic heterocycles. The molecule has 6 aromatic rings. The topological polar surface area (TPSA) is 8.17 Å². The van der Waals surface area contributed by atoms with Crippen LogP contribution in [0.1, 0.15) is 0 Å². The van der Waals surface area contributed by atoms with E-state index in [1.165, 1.54) is 49.6 Å². The number of rotatable bonds is 3. The molecule has 5 aromatic carbocycles. The highest BCUT2D eigenvalue weighted by Gasteiger charge is 2.16. The number of anilines is 2. The molecule has 0 aliphatic carbocycles. The summed E-state index contributed by atoms with van der Waals surface area (Å²) in [4.78, 5) is 2.24. The number of aromatic nitrogens is 1. The quantitative estimate of drug-likeness (QED) is 0.296. The van der Waals surface area contributed by atoms with Gasteiger partial charge in [-0.3, -0.25) is 0 Å². The molecular formula is C29H22N2. The number of fused-ring (bicyclic) bond motifs is 5.